The fourth-order valence-electron chi connectivity index (χ4n) is 5.25. The highest BCUT2D eigenvalue weighted by Gasteiger charge is 2.31. The minimum Gasteiger partial charge on any atom is -0.380 e. The third kappa shape index (κ3) is 7.47. The van der Waals surface area contributed by atoms with Gasteiger partial charge in [0.05, 0.1) is 31.2 Å². The number of hydrogen-bond acceptors (Lipinski definition) is 8. The molecule has 40 heavy (non-hydrogen) atoms. The van der Waals surface area contributed by atoms with E-state index in [0.717, 1.165) is 51.6 Å². The predicted molar refractivity (Wildman–Crippen MR) is 150 cm³/mol. The number of rotatable bonds is 12. The van der Waals surface area contributed by atoms with Gasteiger partial charge in [0.25, 0.3) is 0 Å². The lowest BCUT2D eigenvalue weighted by atomic mass is 9.85. The molecule has 1 aliphatic carbocycles. The zero-order valence-electron chi connectivity index (χ0n) is 23.5. The first-order valence-electron chi connectivity index (χ1n) is 14.1. The molecule has 1 saturated carbocycles. The first-order chi connectivity index (χ1) is 19.3. The van der Waals surface area contributed by atoms with Crippen LogP contribution in [0.25, 0.3) is 0 Å². The number of halogens is 3. The minimum atomic E-state index is -1.02. The Balaban J connectivity index is 1.42. The zero-order valence-corrected chi connectivity index (χ0v) is 23.5. The number of aromatic nitrogens is 2. The normalized spacial score (nSPS) is 19.8. The summed E-state index contributed by atoms with van der Waals surface area (Å²) >= 11 is 0. The fraction of sp³-hybridized carbons (Fsp3) is 0.607. The molecule has 9 nitrogen and oxygen atoms in total. The van der Waals surface area contributed by atoms with Crippen molar-refractivity contribution in [3.05, 3.63) is 35.8 Å². The quantitative estimate of drug-likeness (QED) is 0.316. The smallest absolute Gasteiger partial charge is 0.225 e. The van der Waals surface area contributed by atoms with Gasteiger partial charge in [0, 0.05) is 50.8 Å². The molecule has 1 amide bonds. The van der Waals surface area contributed by atoms with Gasteiger partial charge >= 0.3 is 0 Å². The van der Waals surface area contributed by atoms with Crippen molar-refractivity contribution in [1.29, 1.82) is 0 Å². The van der Waals surface area contributed by atoms with Gasteiger partial charge in [-0.05, 0) is 52.4 Å². The van der Waals surface area contributed by atoms with Crippen LogP contribution >= 0.6 is 0 Å². The molecule has 1 atom stereocenters. The van der Waals surface area contributed by atoms with E-state index in [1.807, 2.05) is 30.7 Å². The van der Waals surface area contributed by atoms with Crippen molar-refractivity contribution in [3.63, 3.8) is 0 Å². The van der Waals surface area contributed by atoms with Crippen LogP contribution in [0, 0.1) is 23.4 Å². The van der Waals surface area contributed by atoms with Gasteiger partial charge in [-0.25, -0.2) is 18.2 Å². The van der Waals surface area contributed by atoms with Crippen molar-refractivity contribution >= 4 is 29.0 Å². The summed E-state index contributed by atoms with van der Waals surface area (Å²) in [5.41, 5.74) is 0.123. The van der Waals surface area contributed by atoms with Crippen molar-refractivity contribution in [2.75, 3.05) is 60.9 Å². The summed E-state index contributed by atoms with van der Waals surface area (Å²) in [6.07, 6.45) is 7.22. The van der Waals surface area contributed by atoms with Crippen LogP contribution in [-0.2, 0) is 9.53 Å². The second-order valence-electron chi connectivity index (χ2n) is 10.6. The Labute approximate surface area is 233 Å². The number of nitrogens with one attached hydrogen (secondary N) is 3. The van der Waals surface area contributed by atoms with E-state index in [4.69, 9.17) is 9.72 Å². The highest BCUT2D eigenvalue weighted by molar-refractivity contribution is 5.79. The molecule has 3 N–H and O–H groups in total. The maximum atomic E-state index is 14.0. The maximum absolute atomic E-state index is 14.0. The van der Waals surface area contributed by atoms with Crippen LogP contribution in [0.1, 0.15) is 52.4 Å². The van der Waals surface area contributed by atoms with Gasteiger partial charge in [-0.3, -0.25) is 4.79 Å². The third-order valence-electron chi connectivity index (χ3n) is 7.71. The first-order valence-corrected chi connectivity index (χ1v) is 14.1. The highest BCUT2D eigenvalue weighted by atomic mass is 19.1. The summed E-state index contributed by atoms with van der Waals surface area (Å²) in [5.74, 6) is -1.58. The van der Waals surface area contributed by atoms with E-state index in [-0.39, 0.29) is 24.7 Å². The average Bonchev–Trinajstić information content (AvgIpc) is 3.48. The van der Waals surface area contributed by atoms with Crippen molar-refractivity contribution in [2.45, 2.75) is 64.5 Å². The van der Waals surface area contributed by atoms with E-state index < -0.39 is 23.1 Å². The van der Waals surface area contributed by atoms with Crippen LogP contribution in [0.2, 0.25) is 0 Å². The molecule has 1 unspecified atom stereocenters. The van der Waals surface area contributed by atoms with Gasteiger partial charge in [-0.2, -0.15) is 4.98 Å². The number of likely N-dealkylation sites (N-methyl/N-ethyl adjacent to an activating group) is 1. The van der Waals surface area contributed by atoms with Crippen LogP contribution in [0.4, 0.5) is 36.3 Å². The molecule has 12 heteroatoms. The number of amides is 1. The summed E-state index contributed by atoms with van der Waals surface area (Å²) in [6.45, 7) is 6.72. The third-order valence-corrected chi connectivity index (χ3v) is 7.71. The summed E-state index contributed by atoms with van der Waals surface area (Å²) in [7, 11) is 1.89. The first kappa shape index (κ1) is 29.7. The van der Waals surface area contributed by atoms with E-state index in [9.17, 15) is 18.0 Å². The molecule has 2 fully saturated rings. The molecule has 1 saturated heterocycles. The monoisotopic (exact) mass is 563 g/mol. The van der Waals surface area contributed by atoms with E-state index in [1.165, 1.54) is 0 Å². The van der Waals surface area contributed by atoms with Gasteiger partial charge in [0.1, 0.15) is 11.5 Å². The van der Waals surface area contributed by atoms with Crippen molar-refractivity contribution in [2.24, 2.45) is 5.92 Å². The molecule has 1 aromatic heterocycles. The SMILES string of the molecule is CCOCC(C)N(C)c1nc(NC2CCC(C(=O)N3CCCC3)CC2)ncc1NCNc1c(F)cc(F)cc1F. The summed E-state index contributed by atoms with van der Waals surface area (Å²) in [5, 5.41) is 9.14. The van der Waals surface area contributed by atoms with E-state index in [2.05, 4.69) is 20.9 Å². The summed E-state index contributed by atoms with van der Waals surface area (Å²) in [6, 6.07) is 1.39. The highest BCUT2D eigenvalue weighted by Crippen LogP contribution is 2.30. The second kappa shape index (κ2) is 13.9. The van der Waals surface area contributed by atoms with Crippen LogP contribution in [0.3, 0.4) is 0 Å². The van der Waals surface area contributed by atoms with E-state index in [1.54, 1.807) is 6.20 Å². The number of anilines is 4. The number of likely N-dealkylation sites (tertiary alicyclic amines) is 1. The average molecular weight is 564 g/mol. The molecule has 1 aliphatic heterocycles. The molecular formula is C28H40F3N7O2. The van der Waals surface area contributed by atoms with Crippen LogP contribution < -0.4 is 20.9 Å². The Hall–Kier alpha value is -3.28. The Kier molecular flexibility index (Phi) is 10.3. The molecule has 0 spiro atoms. The van der Waals surface area contributed by atoms with Crippen molar-refractivity contribution < 1.29 is 22.7 Å². The minimum absolute atomic E-state index is 0.0183. The number of hydrogen-bond donors (Lipinski definition) is 3. The molecule has 1 aromatic carbocycles. The molecular weight excluding hydrogens is 523 g/mol. The molecule has 0 bridgehead atoms. The topological polar surface area (TPSA) is 94.7 Å². The Morgan fingerprint density at radius 2 is 1.80 bits per heavy atom. The molecule has 2 aliphatic rings. The van der Waals surface area contributed by atoms with Gasteiger partial charge in [-0.1, -0.05) is 0 Å². The number of carbonyl (C=O) groups excluding carboxylic acids is 1. The molecule has 0 radical (unpaired) electrons. The van der Waals surface area contributed by atoms with Gasteiger partial charge in [-0.15, -0.1) is 0 Å². The zero-order chi connectivity index (χ0) is 28.6. The van der Waals surface area contributed by atoms with Gasteiger partial charge in [0.2, 0.25) is 11.9 Å². The van der Waals surface area contributed by atoms with Crippen LogP contribution in [-0.4, -0.2) is 72.9 Å². The summed E-state index contributed by atoms with van der Waals surface area (Å²) in [4.78, 5) is 26.0. The fourth-order valence-corrected chi connectivity index (χ4v) is 5.25. The number of nitrogens with zero attached hydrogens (tertiary/aromatic N) is 4. The lowest BCUT2D eigenvalue weighted by molar-refractivity contribution is -0.135. The number of benzene rings is 1. The maximum Gasteiger partial charge on any atom is 0.225 e. The van der Waals surface area contributed by atoms with Crippen LogP contribution in [0.5, 0.6) is 0 Å². The molecule has 4 rings (SSSR count). The summed E-state index contributed by atoms with van der Waals surface area (Å²) < 4.78 is 46.9. The molecule has 2 heterocycles. The van der Waals surface area contributed by atoms with Crippen molar-refractivity contribution in [1.82, 2.24) is 14.9 Å². The largest absolute Gasteiger partial charge is 0.380 e. The molecule has 220 valence electrons. The lowest BCUT2D eigenvalue weighted by Crippen LogP contribution is -2.38. The van der Waals surface area contributed by atoms with E-state index >= 15 is 0 Å². The molecule has 2 aromatic rings. The lowest BCUT2D eigenvalue weighted by Gasteiger charge is -2.31. The van der Waals surface area contributed by atoms with Crippen LogP contribution in [0.15, 0.2) is 18.3 Å². The number of carbonyl (C=O) groups is 1. The Morgan fingerprint density at radius 1 is 1.12 bits per heavy atom. The standard InChI is InChI=1S/C28H40F3N7O2/c1-4-40-16-18(2)37(3)26-24(33-17-34-25-22(30)13-20(29)14-23(25)31)15-32-28(36-26)35-21-9-7-19(8-10-21)27(39)38-11-5-6-12-38/h13-15,18-19,21,33-34H,4-12,16-17H2,1-3H3,(H,32,35,36). The second-order valence-corrected chi connectivity index (χ2v) is 10.6. The van der Waals surface area contributed by atoms with Gasteiger partial charge in [0.15, 0.2) is 17.5 Å². The van der Waals surface area contributed by atoms with Crippen molar-refractivity contribution in [3.8, 4) is 0 Å². The number of ether oxygens (including phenoxy) is 1. The predicted octanol–water partition coefficient (Wildman–Crippen LogP) is 4.83. The Morgan fingerprint density at radius 3 is 2.45 bits per heavy atom. The van der Waals surface area contributed by atoms with E-state index in [0.29, 0.717) is 48.7 Å². The van der Waals surface area contributed by atoms with Gasteiger partial charge < -0.3 is 30.5 Å². The Bertz CT molecular complexity index is 1120.